The van der Waals surface area contributed by atoms with Gasteiger partial charge in [-0.1, -0.05) is 11.6 Å². The first-order chi connectivity index (χ1) is 8.15. The third-order valence-electron chi connectivity index (χ3n) is 2.79. The lowest BCUT2D eigenvalue weighted by atomic mass is 10.2. The monoisotopic (exact) mass is 255 g/mol. The van der Waals surface area contributed by atoms with E-state index >= 15 is 0 Å². The van der Waals surface area contributed by atoms with Gasteiger partial charge in [-0.15, -0.1) is 0 Å². The van der Waals surface area contributed by atoms with Crippen molar-refractivity contribution in [1.82, 2.24) is 5.32 Å². The van der Waals surface area contributed by atoms with Gasteiger partial charge in [-0.05, 0) is 37.6 Å². The first-order valence-electron chi connectivity index (χ1n) is 5.90. The molecule has 1 saturated heterocycles. The molecule has 2 atom stereocenters. The number of morpholine rings is 1. The van der Waals surface area contributed by atoms with Gasteiger partial charge in [-0.25, -0.2) is 0 Å². The van der Waals surface area contributed by atoms with Crippen molar-refractivity contribution in [3.8, 4) is 5.75 Å². The van der Waals surface area contributed by atoms with Gasteiger partial charge in [0, 0.05) is 18.1 Å². The van der Waals surface area contributed by atoms with Gasteiger partial charge in [-0.2, -0.15) is 0 Å². The molecule has 1 aliphatic rings. The minimum absolute atomic E-state index is 0.120. The van der Waals surface area contributed by atoms with Crippen molar-refractivity contribution >= 4 is 11.6 Å². The highest BCUT2D eigenvalue weighted by Crippen LogP contribution is 2.21. The van der Waals surface area contributed by atoms with Crippen LogP contribution in [-0.2, 0) is 4.74 Å². The van der Waals surface area contributed by atoms with Crippen LogP contribution in [0.25, 0.3) is 0 Å². The number of rotatable bonds is 3. The molecule has 94 valence electrons. The molecule has 1 heterocycles. The highest BCUT2D eigenvalue weighted by atomic mass is 35.5. The molecule has 3 nitrogen and oxygen atoms in total. The fourth-order valence-corrected chi connectivity index (χ4v) is 1.98. The Hall–Kier alpha value is -0.770. The van der Waals surface area contributed by atoms with Crippen molar-refractivity contribution in [2.24, 2.45) is 0 Å². The Balaban J connectivity index is 1.86. The molecule has 2 unspecified atom stereocenters. The molecule has 1 N–H and O–H groups in total. The van der Waals surface area contributed by atoms with E-state index in [1.807, 2.05) is 25.1 Å². The first-order valence-corrected chi connectivity index (χ1v) is 6.28. The zero-order valence-corrected chi connectivity index (χ0v) is 11.0. The maximum absolute atomic E-state index is 5.96. The molecule has 2 rings (SSSR count). The van der Waals surface area contributed by atoms with Gasteiger partial charge in [0.05, 0.1) is 6.10 Å². The zero-order chi connectivity index (χ0) is 12.3. The predicted octanol–water partition coefficient (Wildman–Crippen LogP) is 2.40. The molecular formula is C13H18ClNO2. The molecule has 0 aliphatic carbocycles. The Morgan fingerprint density at radius 2 is 2.29 bits per heavy atom. The highest BCUT2D eigenvalue weighted by molar-refractivity contribution is 6.31. The van der Waals surface area contributed by atoms with Crippen LogP contribution in [0.3, 0.4) is 0 Å². The Morgan fingerprint density at radius 3 is 3.00 bits per heavy atom. The number of ether oxygens (including phenoxy) is 2. The van der Waals surface area contributed by atoms with E-state index in [9.17, 15) is 0 Å². The molecular weight excluding hydrogens is 238 g/mol. The summed E-state index contributed by atoms with van der Waals surface area (Å²) < 4.78 is 11.5. The lowest BCUT2D eigenvalue weighted by Gasteiger charge is -2.28. The summed E-state index contributed by atoms with van der Waals surface area (Å²) in [6.07, 6.45) is 0.374. The average molecular weight is 256 g/mol. The Bertz CT molecular complexity index is 384. The van der Waals surface area contributed by atoms with Crippen molar-refractivity contribution in [2.75, 3.05) is 19.7 Å². The van der Waals surface area contributed by atoms with Crippen LogP contribution in [0.1, 0.15) is 12.5 Å². The number of nitrogens with one attached hydrogen (secondary N) is 1. The SMILES string of the molecule is Cc1cc(OCC2CNCC(C)O2)ccc1Cl. The summed E-state index contributed by atoms with van der Waals surface area (Å²) in [6, 6.07) is 5.69. The molecule has 4 heteroatoms. The van der Waals surface area contributed by atoms with Gasteiger partial charge in [-0.3, -0.25) is 0 Å². The smallest absolute Gasteiger partial charge is 0.119 e. The molecule has 17 heavy (non-hydrogen) atoms. The van der Waals surface area contributed by atoms with E-state index in [2.05, 4.69) is 12.2 Å². The Morgan fingerprint density at radius 1 is 1.47 bits per heavy atom. The lowest BCUT2D eigenvalue weighted by Crippen LogP contribution is -2.45. The zero-order valence-electron chi connectivity index (χ0n) is 10.2. The van der Waals surface area contributed by atoms with Crippen LogP contribution in [0.4, 0.5) is 0 Å². The summed E-state index contributed by atoms with van der Waals surface area (Å²) in [5.74, 6) is 0.841. The maximum atomic E-state index is 5.96. The van der Waals surface area contributed by atoms with Crippen molar-refractivity contribution in [2.45, 2.75) is 26.1 Å². The predicted molar refractivity (Wildman–Crippen MR) is 68.9 cm³/mol. The molecule has 0 saturated carbocycles. The molecule has 1 aliphatic heterocycles. The van der Waals surface area contributed by atoms with E-state index in [-0.39, 0.29) is 12.2 Å². The fourth-order valence-electron chi connectivity index (χ4n) is 1.87. The van der Waals surface area contributed by atoms with Gasteiger partial charge in [0.25, 0.3) is 0 Å². The minimum atomic E-state index is 0.120. The van der Waals surface area contributed by atoms with Crippen LogP contribution in [0.15, 0.2) is 18.2 Å². The van der Waals surface area contributed by atoms with E-state index in [0.717, 1.165) is 29.4 Å². The van der Waals surface area contributed by atoms with E-state index in [4.69, 9.17) is 21.1 Å². The van der Waals surface area contributed by atoms with Crippen LogP contribution in [0, 0.1) is 6.92 Å². The minimum Gasteiger partial charge on any atom is -0.491 e. The summed E-state index contributed by atoms with van der Waals surface area (Å²) >= 11 is 5.96. The van der Waals surface area contributed by atoms with Gasteiger partial charge in [0.1, 0.15) is 18.5 Å². The summed E-state index contributed by atoms with van der Waals surface area (Å²) in [5, 5.41) is 4.08. The molecule has 0 aromatic heterocycles. The average Bonchev–Trinajstić information content (AvgIpc) is 2.31. The van der Waals surface area contributed by atoms with Crippen molar-refractivity contribution < 1.29 is 9.47 Å². The second-order valence-corrected chi connectivity index (χ2v) is 4.86. The van der Waals surface area contributed by atoms with Crippen molar-refractivity contribution in [1.29, 1.82) is 0 Å². The Labute approximate surface area is 107 Å². The molecule has 1 fully saturated rings. The van der Waals surface area contributed by atoms with Crippen LogP contribution in [0.5, 0.6) is 5.75 Å². The molecule has 0 bridgehead atoms. The van der Waals surface area contributed by atoms with E-state index in [0.29, 0.717) is 6.61 Å². The number of benzene rings is 1. The second kappa shape index (κ2) is 5.71. The molecule has 0 amide bonds. The van der Waals surface area contributed by atoms with Crippen LogP contribution < -0.4 is 10.1 Å². The maximum Gasteiger partial charge on any atom is 0.119 e. The number of hydrogen-bond donors (Lipinski definition) is 1. The second-order valence-electron chi connectivity index (χ2n) is 4.45. The quantitative estimate of drug-likeness (QED) is 0.900. The fraction of sp³-hybridized carbons (Fsp3) is 0.538. The summed E-state index contributed by atoms with van der Waals surface area (Å²) in [7, 11) is 0. The summed E-state index contributed by atoms with van der Waals surface area (Å²) in [4.78, 5) is 0. The third-order valence-corrected chi connectivity index (χ3v) is 3.22. The molecule has 1 aromatic rings. The first kappa shape index (κ1) is 12.7. The number of halogens is 1. The van der Waals surface area contributed by atoms with Crippen LogP contribution >= 0.6 is 11.6 Å². The topological polar surface area (TPSA) is 30.5 Å². The third kappa shape index (κ3) is 3.60. The Kier molecular flexibility index (Phi) is 4.26. The number of hydrogen-bond acceptors (Lipinski definition) is 3. The van der Waals surface area contributed by atoms with Gasteiger partial charge in [0.15, 0.2) is 0 Å². The highest BCUT2D eigenvalue weighted by Gasteiger charge is 2.19. The molecule has 0 radical (unpaired) electrons. The molecule has 0 spiro atoms. The van der Waals surface area contributed by atoms with Crippen LogP contribution in [0.2, 0.25) is 5.02 Å². The van der Waals surface area contributed by atoms with E-state index in [1.165, 1.54) is 0 Å². The van der Waals surface area contributed by atoms with Crippen LogP contribution in [-0.4, -0.2) is 31.9 Å². The largest absolute Gasteiger partial charge is 0.491 e. The van der Waals surface area contributed by atoms with E-state index in [1.54, 1.807) is 0 Å². The molecule has 1 aromatic carbocycles. The van der Waals surface area contributed by atoms with Crippen molar-refractivity contribution in [3.63, 3.8) is 0 Å². The summed E-state index contributed by atoms with van der Waals surface area (Å²) in [5.41, 5.74) is 1.03. The standard InChI is InChI=1S/C13H18ClNO2/c1-9-5-11(3-4-13(9)14)16-8-12-7-15-6-10(2)17-12/h3-5,10,12,15H,6-8H2,1-2H3. The summed E-state index contributed by atoms with van der Waals surface area (Å²) in [6.45, 7) is 6.35. The van der Waals surface area contributed by atoms with E-state index < -0.39 is 0 Å². The normalized spacial score (nSPS) is 24.6. The number of aryl methyl sites for hydroxylation is 1. The van der Waals surface area contributed by atoms with Gasteiger partial charge >= 0.3 is 0 Å². The lowest BCUT2D eigenvalue weighted by molar-refractivity contribution is -0.0470. The van der Waals surface area contributed by atoms with Gasteiger partial charge < -0.3 is 14.8 Å². The van der Waals surface area contributed by atoms with Gasteiger partial charge in [0.2, 0.25) is 0 Å². The van der Waals surface area contributed by atoms with Crippen molar-refractivity contribution in [3.05, 3.63) is 28.8 Å².